The molecule has 0 bridgehead atoms. The van der Waals surface area contributed by atoms with E-state index in [4.69, 9.17) is 5.11 Å². The number of nitrogens with one attached hydrogen (secondary N) is 1. The van der Waals surface area contributed by atoms with Gasteiger partial charge < -0.3 is 15.3 Å². The van der Waals surface area contributed by atoms with Crippen LogP contribution in [0.25, 0.3) is 0 Å². The maximum atomic E-state index is 13.6. The predicted molar refractivity (Wildman–Crippen MR) is 77.2 cm³/mol. The van der Waals surface area contributed by atoms with Crippen LogP contribution in [0, 0.1) is 11.7 Å². The van der Waals surface area contributed by atoms with Crippen molar-refractivity contribution in [2.24, 2.45) is 5.92 Å². The number of urea groups is 1. The van der Waals surface area contributed by atoms with Crippen molar-refractivity contribution in [3.05, 3.63) is 28.5 Å². The van der Waals surface area contributed by atoms with Crippen LogP contribution in [0.3, 0.4) is 0 Å². The van der Waals surface area contributed by atoms with Crippen LogP contribution in [0.5, 0.6) is 0 Å². The number of hydrogen-bond donors (Lipinski definition) is 2. The predicted octanol–water partition coefficient (Wildman–Crippen LogP) is 3.16. The number of aliphatic carboxylic acids is 1. The van der Waals surface area contributed by atoms with Crippen LogP contribution >= 0.6 is 15.9 Å². The molecule has 5 nitrogen and oxygen atoms in total. The van der Waals surface area contributed by atoms with E-state index in [9.17, 15) is 14.0 Å². The highest BCUT2D eigenvalue weighted by Gasteiger charge is 2.20. The third kappa shape index (κ3) is 4.19. The van der Waals surface area contributed by atoms with Gasteiger partial charge in [0, 0.05) is 17.6 Å². The van der Waals surface area contributed by atoms with E-state index in [-0.39, 0.29) is 12.2 Å². The molecular weight excluding hydrogens is 331 g/mol. The first kappa shape index (κ1) is 16.4. The molecule has 2 N–H and O–H groups in total. The summed E-state index contributed by atoms with van der Waals surface area (Å²) < 4.78 is 14.0. The quantitative estimate of drug-likeness (QED) is 0.860. The lowest BCUT2D eigenvalue weighted by atomic mass is 10.2. The third-order valence-corrected chi connectivity index (χ3v) is 3.44. The normalized spacial score (nSPS) is 11.8. The number of nitrogens with zero attached hydrogens (tertiary/aromatic N) is 1. The minimum absolute atomic E-state index is 0.0407. The Balaban J connectivity index is 2.80. The monoisotopic (exact) mass is 346 g/mol. The fraction of sp³-hybridized carbons (Fsp3) is 0.385. The number of benzene rings is 1. The van der Waals surface area contributed by atoms with E-state index >= 15 is 0 Å². The standard InChI is InChI=1S/C13H16BrFN2O3/c1-3-17(7-8(2)12(18)19)13(20)16-11-9(14)5-4-6-10(11)15/h4-6,8H,3,7H2,1-2H3,(H,16,20)(H,18,19). The zero-order chi connectivity index (χ0) is 15.3. The van der Waals surface area contributed by atoms with Crippen molar-refractivity contribution < 1.29 is 19.1 Å². The summed E-state index contributed by atoms with van der Waals surface area (Å²) >= 11 is 3.15. The fourth-order valence-electron chi connectivity index (χ4n) is 1.57. The molecule has 1 aromatic carbocycles. The Morgan fingerprint density at radius 1 is 1.50 bits per heavy atom. The Labute approximate surface area is 124 Å². The molecule has 0 aliphatic rings. The number of carboxylic acids is 1. The second-order valence-electron chi connectivity index (χ2n) is 4.30. The topological polar surface area (TPSA) is 69.6 Å². The summed E-state index contributed by atoms with van der Waals surface area (Å²) in [5.74, 6) is -2.23. The SMILES string of the molecule is CCN(CC(C)C(=O)O)C(=O)Nc1c(F)cccc1Br. The first-order chi connectivity index (χ1) is 9.36. The molecule has 0 fully saturated rings. The first-order valence-corrected chi connectivity index (χ1v) is 6.88. The number of rotatable bonds is 5. The number of hydrogen-bond acceptors (Lipinski definition) is 2. The summed E-state index contributed by atoms with van der Waals surface area (Å²) in [7, 11) is 0. The van der Waals surface area contributed by atoms with E-state index in [0.717, 1.165) is 0 Å². The zero-order valence-corrected chi connectivity index (χ0v) is 12.8. The van der Waals surface area contributed by atoms with Crippen LogP contribution in [0.4, 0.5) is 14.9 Å². The van der Waals surface area contributed by atoms with Crippen LogP contribution in [-0.2, 0) is 4.79 Å². The maximum absolute atomic E-state index is 13.6. The molecule has 110 valence electrons. The van der Waals surface area contributed by atoms with Gasteiger partial charge in [0.05, 0.1) is 11.6 Å². The average Bonchev–Trinajstić information content (AvgIpc) is 2.39. The van der Waals surface area contributed by atoms with Crippen molar-refractivity contribution in [2.45, 2.75) is 13.8 Å². The summed E-state index contributed by atoms with van der Waals surface area (Å²) in [6, 6.07) is 3.82. The smallest absolute Gasteiger partial charge is 0.321 e. The number of anilines is 1. The Bertz CT molecular complexity index is 490. The molecule has 0 saturated heterocycles. The third-order valence-electron chi connectivity index (χ3n) is 2.78. The molecule has 20 heavy (non-hydrogen) atoms. The highest BCUT2D eigenvalue weighted by Crippen LogP contribution is 2.25. The molecule has 7 heteroatoms. The lowest BCUT2D eigenvalue weighted by Gasteiger charge is -2.23. The van der Waals surface area contributed by atoms with Crippen LogP contribution in [0.15, 0.2) is 22.7 Å². The van der Waals surface area contributed by atoms with Gasteiger partial charge in [-0.15, -0.1) is 0 Å². The van der Waals surface area contributed by atoms with E-state index in [2.05, 4.69) is 21.2 Å². The highest BCUT2D eigenvalue weighted by molar-refractivity contribution is 9.10. The van der Waals surface area contributed by atoms with Crippen molar-refractivity contribution in [3.63, 3.8) is 0 Å². The summed E-state index contributed by atoms with van der Waals surface area (Å²) in [5, 5.41) is 11.3. The summed E-state index contributed by atoms with van der Waals surface area (Å²) in [5.41, 5.74) is 0.0407. The van der Waals surface area contributed by atoms with Crippen molar-refractivity contribution in [1.82, 2.24) is 4.90 Å². The molecule has 1 atom stereocenters. The summed E-state index contributed by atoms with van der Waals surface area (Å²) in [6.07, 6.45) is 0. The van der Waals surface area contributed by atoms with Gasteiger partial charge in [0.25, 0.3) is 0 Å². The molecule has 0 aromatic heterocycles. The maximum Gasteiger partial charge on any atom is 0.321 e. The Hall–Kier alpha value is -1.63. The van der Waals surface area contributed by atoms with Crippen LogP contribution in [-0.4, -0.2) is 35.1 Å². The lowest BCUT2D eigenvalue weighted by Crippen LogP contribution is -2.39. The fourth-order valence-corrected chi connectivity index (χ4v) is 2.01. The van der Waals surface area contributed by atoms with Crippen LogP contribution < -0.4 is 5.32 Å². The average molecular weight is 347 g/mol. The summed E-state index contributed by atoms with van der Waals surface area (Å²) in [4.78, 5) is 24.2. The van der Waals surface area contributed by atoms with E-state index < -0.39 is 23.7 Å². The molecule has 1 rings (SSSR count). The highest BCUT2D eigenvalue weighted by atomic mass is 79.9. The molecular formula is C13H16BrFN2O3. The van der Waals surface area contributed by atoms with Gasteiger partial charge in [-0.1, -0.05) is 13.0 Å². The number of halogens is 2. The number of carbonyl (C=O) groups excluding carboxylic acids is 1. The second-order valence-corrected chi connectivity index (χ2v) is 5.16. The van der Waals surface area contributed by atoms with Gasteiger partial charge in [-0.25, -0.2) is 9.18 Å². The van der Waals surface area contributed by atoms with Crippen molar-refractivity contribution >= 4 is 33.6 Å². The van der Waals surface area contributed by atoms with Gasteiger partial charge in [0.2, 0.25) is 0 Å². The second kappa shape index (κ2) is 7.23. The first-order valence-electron chi connectivity index (χ1n) is 6.09. The molecule has 0 aliphatic carbocycles. The van der Waals surface area contributed by atoms with Gasteiger partial charge in [0.15, 0.2) is 0 Å². The number of carbonyl (C=O) groups is 2. The van der Waals surface area contributed by atoms with Gasteiger partial charge >= 0.3 is 12.0 Å². The minimum Gasteiger partial charge on any atom is -0.481 e. The molecule has 0 spiro atoms. The lowest BCUT2D eigenvalue weighted by molar-refractivity contribution is -0.141. The molecule has 0 saturated carbocycles. The zero-order valence-electron chi connectivity index (χ0n) is 11.2. The Kier molecular flexibility index (Phi) is 5.94. The van der Waals surface area contributed by atoms with E-state index in [0.29, 0.717) is 11.0 Å². The van der Waals surface area contributed by atoms with Gasteiger partial charge in [-0.3, -0.25) is 4.79 Å². The summed E-state index contributed by atoms with van der Waals surface area (Å²) in [6.45, 7) is 3.63. The number of amides is 2. The molecule has 0 aliphatic heterocycles. The largest absolute Gasteiger partial charge is 0.481 e. The molecule has 2 amide bonds. The molecule has 0 heterocycles. The Morgan fingerprint density at radius 2 is 2.15 bits per heavy atom. The van der Waals surface area contributed by atoms with Gasteiger partial charge in [-0.2, -0.15) is 0 Å². The van der Waals surface area contributed by atoms with Gasteiger partial charge in [-0.05, 0) is 35.0 Å². The number of carboxylic acid groups (broad SMARTS) is 1. The van der Waals surface area contributed by atoms with E-state index in [1.165, 1.54) is 24.0 Å². The minimum atomic E-state index is -0.983. The molecule has 0 radical (unpaired) electrons. The van der Waals surface area contributed by atoms with Crippen LogP contribution in [0.1, 0.15) is 13.8 Å². The van der Waals surface area contributed by atoms with E-state index in [1.807, 2.05) is 0 Å². The number of para-hydroxylation sites is 1. The van der Waals surface area contributed by atoms with Crippen molar-refractivity contribution in [1.29, 1.82) is 0 Å². The van der Waals surface area contributed by atoms with Crippen LogP contribution in [0.2, 0.25) is 0 Å². The van der Waals surface area contributed by atoms with Crippen molar-refractivity contribution in [2.75, 3.05) is 18.4 Å². The molecule has 1 unspecified atom stereocenters. The van der Waals surface area contributed by atoms with E-state index in [1.54, 1.807) is 13.0 Å². The molecule has 1 aromatic rings. The van der Waals surface area contributed by atoms with Crippen molar-refractivity contribution in [3.8, 4) is 0 Å². The van der Waals surface area contributed by atoms with Gasteiger partial charge in [0.1, 0.15) is 5.82 Å². The Morgan fingerprint density at radius 3 is 2.65 bits per heavy atom.